The van der Waals surface area contributed by atoms with Gasteiger partial charge in [0.15, 0.2) is 0 Å². The van der Waals surface area contributed by atoms with Crippen molar-refractivity contribution in [1.82, 2.24) is 0 Å². The van der Waals surface area contributed by atoms with Crippen molar-refractivity contribution >= 4 is 11.6 Å². The van der Waals surface area contributed by atoms with Crippen molar-refractivity contribution < 1.29 is 8.78 Å². The molecule has 1 atom stereocenters. The van der Waals surface area contributed by atoms with E-state index in [0.717, 1.165) is 0 Å². The van der Waals surface area contributed by atoms with Gasteiger partial charge < -0.3 is 5.73 Å². The Bertz CT molecular complexity index is 638. The zero-order chi connectivity index (χ0) is 14.9. The Kier molecular flexibility index (Phi) is 4.11. The topological polar surface area (TPSA) is 26.0 Å². The first-order valence-electron chi connectivity index (χ1n) is 6.29. The van der Waals surface area contributed by atoms with Gasteiger partial charge in [-0.05, 0) is 61.2 Å². The van der Waals surface area contributed by atoms with Crippen LogP contribution < -0.4 is 5.73 Å². The molecule has 1 nitrogen and oxygen atoms in total. The minimum absolute atomic E-state index is 0.301. The molecule has 20 heavy (non-hydrogen) atoms. The molecule has 2 aromatic carbocycles. The summed E-state index contributed by atoms with van der Waals surface area (Å²) in [7, 11) is 0. The summed E-state index contributed by atoms with van der Waals surface area (Å²) in [5.74, 6) is -0.667. The largest absolute Gasteiger partial charge is 0.321 e. The molecular formula is C16H16ClF2N. The number of benzene rings is 2. The van der Waals surface area contributed by atoms with Crippen molar-refractivity contribution in [2.24, 2.45) is 5.73 Å². The highest BCUT2D eigenvalue weighted by atomic mass is 35.5. The maximum absolute atomic E-state index is 13.7. The van der Waals surface area contributed by atoms with Crippen LogP contribution in [0, 0.1) is 18.6 Å². The van der Waals surface area contributed by atoms with E-state index >= 15 is 0 Å². The molecule has 0 aliphatic carbocycles. The first-order chi connectivity index (χ1) is 9.29. The van der Waals surface area contributed by atoms with Crippen molar-refractivity contribution in [3.63, 3.8) is 0 Å². The molecule has 0 saturated carbocycles. The van der Waals surface area contributed by atoms with Crippen LogP contribution in [0.3, 0.4) is 0 Å². The Morgan fingerprint density at radius 2 is 1.85 bits per heavy atom. The Labute approximate surface area is 122 Å². The van der Waals surface area contributed by atoms with Crippen LogP contribution in [0.15, 0.2) is 36.4 Å². The molecule has 0 heterocycles. The van der Waals surface area contributed by atoms with E-state index in [9.17, 15) is 8.78 Å². The summed E-state index contributed by atoms with van der Waals surface area (Å²) in [5, 5.41) is 0.454. The highest BCUT2D eigenvalue weighted by molar-refractivity contribution is 6.31. The molecule has 2 aromatic rings. The third-order valence-corrected chi connectivity index (χ3v) is 3.77. The van der Waals surface area contributed by atoms with Gasteiger partial charge in [-0.25, -0.2) is 8.78 Å². The van der Waals surface area contributed by atoms with E-state index in [4.69, 9.17) is 17.3 Å². The Morgan fingerprint density at radius 1 is 1.15 bits per heavy atom. The molecule has 106 valence electrons. The summed E-state index contributed by atoms with van der Waals surface area (Å²) in [5.41, 5.74) is 7.26. The van der Waals surface area contributed by atoms with Gasteiger partial charge in [-0.2, -0.15) is 0 Å². The number of hydrogen-bond acceptors (Lipinski definition) is 1. The number of nitrogens with two attached hydrogens (primary N) is 1. The van der Waals surface area contributed by atoms with E-state index in [2.05, 4.69) is 0 Å². The van der Waals surface area contributed by atoms with Crippen LogP contribution in [0.5, 0.6) is 0 Å². The molecule has 1 unspecified atom stereocenters. The van der Waals surface area contributed by atoms with Gasteiger partial charge in [0.05, 0.1) is 0 Å². The second-order valence-corrected chi connectivity index (χ2v) is 5.70. The summed E-state index contributed by atoms with van der Waals surface area (Å²) < 4.78 is 26.9. The van der Waals surface area contributed by atoms with Crippen LogP contribution in [0.25, 0.3) is 0 Å². The van der Waals surface area contributed by atoms with E-state index in [-0.39, 0.29) is 11.6 Å². The summed E-state index contributed by atoms with van der Waals surface area (Å²) in [6, 6.07) is 9.04. The van der Waals surface area contributed by atoms with Crippen LogP contribution >= 0.6 is 11.6 Å². The Morgan fingerprint density at radius 3 is 2.50 bits per heavy atom. The summed E-state index contributed by atoms with van der Waals surface area (Å²) in [6.07, 6.45) is 0.325. The predicted octanol–water partition coefficient (Wildman–Crippen LogP) is 4.34. The molecule has 0 spiro atoms. The van der Waals surface area contributed by atoms with Crippen LogP contribution in [-0.4, -0.2) is 0 Å². The van der Waals surface area contributed by atoms with Gasteiger partial charge in [0, 0.05) is 10.6 Å². The molecule has 0 bridgehead atoms. The lowest BCUT2D eigenvalue weighted by Gasteiger charge is -2.26. The smallest absolute Gasteiger partial charge is 0.126 e. The third kappa shape index (κ3) is 3.17. The molecule has 0 aromatic heterocycles. The zero-order valence-corrected chi connectivity index (χ0v) is 12.1. The van der Waals surface area contributed by atoms with E-state index in [1.807, 2.05) is 0 Å². The third-order valence-electron chi connectivity index (χ3n) is 3.40. The minimum Gasteiger partial charge on any atom is -0.321 e. The van der Waals surface area contributed by atoms with Crippen LogP contribution in [0.1, 0.15) is 23.6 Å². The lowest BCUT2D eigenvalue weighted by Crippen LogP contribution is -2.35. The number of hydrogen-bond donors (Lipinski definition) is 1. The van der Waals surface area contributed by atoms with Crippen molar-refractivity contribution in [3.05, 3.63) is 69.7 Å². The summed E-state index contributed by atoms with van der Waals surface area (Å²) in [6.45, 7) is 3.47. The van der Waals surface area contributed by atoms with Gasteiger partial charge in [-0.3, -0.25) is 0 Å². The molecule has 0 radical (unpaired) electrons. The number of halogens is 3. The summed E-state index contributed by atoms with van der Waals surface area (Å²) in [4.78, 5) is 0. The maximum Gasteiger partial charge on any atom is 0.126 e. The average molecular weight is 296 g/mol. The number of rotatable bonds is 3. The molecule has 0 saturated heterocycles. The van der Waals surface area contributed by atoms with Gasteiger partial charge in [0.25, 0.3) is 0 Å². The quantitative estimate of drug-likeness (QED) is 0.895. The highest BCUT2D eigenvalue weighted by Gasteiger charge is 2.24. The Hall–Kier alpha value is -1.45. The maximum atomic E-state index is 13.7. The first-order valence-corrected chi connectivity index (χ1v) is 6.67. The van der Waals surface area contributed by atoms with Crippen molar-refractivity contribution in [2.45, 2.75) is 25.8 Å². The second kappa shape index (κ2) is 5.51. The molecule has 0 aliphatic heterocycles. The first kappa shape index (κ1) is 14.9. The van der Waals surface area contributed by atoms with E-state index in [0.29, 0.717) is 28.1 Å². The lowest BCUT2D eigenvalue weighted by atomic mass is 9.86. The van der Waals surface area contributed by atoms with Crippen molar-refractivity contribution in [1.29, 1.82) is 0 Å². The average Bonchev–Trinajstić information content (AvgIpc) is 2.36. The molecule has 0 amide bonds. The van der Waals surface area contributed by atoms with Gasteiger partial charge in [0.2, 0.25) is 0 Å². The minimum atomic E-state index is -0.827. The van der Waals surface area contributed by atoms with Gasteiger partial charge in [0.1, 0.15) is 11.6 Å². The SMILES string of the molecule is Cc1ccc(C(C)(N)Cc2cc(F)ccc2Cl)cc1F. The molecule has 0 aliphatic rings. The second-order valence-electron chi connectivity index (χ2n) is 5.29. The van der Waals surface area contributed by atoms with Gasteiger partial charge in [-0.15, -0.1) is 0 Å². The van der Waals surface area contributed by atoms with E-state index in [1.54, 1.807) is 26.0 Å². The van der Waals surface area contributed by atoms with Crippen LogP contribution in [0.2, 0.25) is 5.02 Å². The van der Waals surface area contributed by atoms with Crippen LogP contribution in [-0.2, 0) is 12.0 Å². The number of aryl methyl sites for hydroxylation is 1. The fourth-order valence-electron chi connectivity index (χ4n) is 2.12. The lowest BCUT2D eigenvalue weighted by molar-refractivity contribution is 0.484. The van der Waals surface area contributed by atoms with E-state index < -0.39 is 5.54 Å². The predicted molar refractivity (Wildman–Crippen MR) is 77.8 cm³/mol. The van der Waals surface area contributed by atoms with Gasteiger partial charge >= 0.3 is 0 Å². The van der Waals surface area contributed by atoms with E-state index in [1.165, 1.54) is 24.3 Å². The highest BCUT2D eigenvalue weighted by Crippen LogP contribution is 2.28. The zero-order valence-electron chi connectivity index (χ0n) is 11.4. The molecular weight excluding hydrogens is 280 g/mol. The molecule has 2 rings (SSSR count). The molecule has 4 heteroatoms. The fraction of sp³-hybridized carbons (Fsp3) is 0.250. The summed E-state index contributed by atoms with van der Waals surface area (Å²) >= 11 is 6.05. The fourth-order valence-corrected chi connectivity index (χ4v) is 2.31. The molecule has 2 N–H and O–H groups in total. The van der Waals surface area contributed by atoms with Crippen molar-refractivity contribution in [3.8, 4) is 0 Å². The molecule has 0 fully saturated rings. The monoisotopic (exact) mass is 295 g/mol. The standard InChI is InChI=1S/C16H16ClF2N/c1-10-3-4-12(8-15(10)19)16(2,20)9-11-7-13(18)5-6-14(11)17/h3-8H,9,20H2,1-2H3. The van der Waals surface area contributed by atoms with Crippen molar-refractivity contribution in [2.75, 3.05) is 0 Å². The van der Waals surface area contributed by atoms with Gasteiger partial charge in [-0.1, -0.05) is 23.7 Å². The normalized spacial score (nSPS) is 14.1. The Balaban J connectivity index is 2.34. The van der Waals surface area contributed by atoms with Crippen LogP contribution in [0.4, 0.5) is 8.78 Å².